The summed E-state index contributed by atoms with van der Waals surface area (Å²) in [5.41, 5.74) is 1.92. The number of piperidine rings is 1. The van der Waals surface area contributed by atoms with Crippen molar-refractivity contribution in [2.24, 2.45) is 5.92 Å². The van der Waals surface area contributed by atoms with E-state index in [-0.39, 0.29) is 5.91 Å². The van der Waals surface area contributed by atoms with Crippen LogP contribution in [-0.2, 0) is 11.3 Å². The first kappa shape index (κ1) is 17.7. The number of aromatic nitrogens is 2. The fourth-order valence-corrected chi connectivity index (χ4v) is 3.08. The van der Waals surface area contributed by atoms with E-state index in [1.54, 1.807) is 12.5 Å². The normalized spacial score (nSPS) is 15.7. The van der Waals surface area contributed by atoms with E-state index in [0.29, 0.717) is 12.0 Å². The SMILES string of the molecule is CC(C)COC1CCN(C(=O)c2ccc(Cn3ccnc3)cc2)CC1. The van der Waals surface area contributed by atoms with E-state index < -0.39 is 0 Å². The Bertz CT molecular complexity index is 657. The van der Waals surface area contributed by atoms with Crippen LogP contribution in [0.1, 0.15) is 42.6 Å². The molecule has 0 bridgehead atoms. The number of carbonyl (C=O) groups excluding carboxylic acids is 1. The molecular formula is C20H27N3O2. The molecule has 0 unspecified atom stereocenters. The average molecular weight is 341 g/mol. The van der Waals surface area contributed by atoms with E-state index in [0.717, 1.165) is 50.2 Å². The molecule has 2 aromatic rings. The number of nitrogens with zero attached hydrogens (tertiary/aromatic N) is 3. The van der Waals surface area contributed by atoms with Gasteiger partial charge in [0.2, 0.25) is 0 Å². The van der Waals surface area contributed by atoms with E-state index in [2.05, 4.69) is 18.8 Å². The maximum atomic E-state index is 12.7. The van der Waals surface area contributed by atoms with Crippen molar-refractivity contribution in [3.8, 4) is 0 Å². The van der Waals surface area contributed by atoms with Gasteiger partial charge in [-0.05, 0) is 36.5 Å². The van der Waals surface area contributed by atoms with Crippen LogP contribution in [0.5, 0.6) is 0 Å². The molecule has 0 radical (unpaired) electrons. The first-order valence-electron chi connectivity index (χ1n) is 9.07. The molecule has 3 rings (SSSR count). The number of carbonyl (C=O) groups is 1. The second-order valence-corrected chi connectivity index (χ2v) is 7.15. The number of amides is 1. The van der Waals surface area contributed by atoms with Crippen LogP contribution in [-0.4, -0.2) is 46.2 Å². The molecule has 2 heterocycles. The summed E-state index contributed by atoms with van der Waals surface area (Å²) in [5, 5.41) is 0. The van der Waals surface area contributed by atoms with Crippen LogP contribution >= 0.6 is 0 Å². The summed E-state index contributed by atoms with van der Waals surface area (Å²) in [6, 6.07) is 7.89. The summed E-state index contributed by atoms with van der Waals surface area (Å²) in [6.45, 7) is 7.45. The van der Waals surface area contributed by atoms with E-state index in [1.807, 2.05) is 39.9 Å². The first-order valence-corrected chi connectivity index (χ1v) is 9.07. The topological polar surface area (TPSA) is 47.4 Å². The number of hydrogen-bond donors (Lipinski definition) is 0. The smallest absolute Gasteiger partial charge is 0.253 e. The highest BCUT2D eigenvalue weighted by Crippen LogP contribution is 2.17. The molecule has 5 nitrogen and oxygen atoms in total. The van der Waals surface area contributed by atoms with Gasteiger partial charge in [0.25, 0.3) is 5.91 Å². The van der Waals surface area contributed by atoms with E-state index in [4.69, 9.17) is 4.74 Å². The van der Waals surface area contributed by atoms with Gasteiger partial charge in [-0.1, -0.05) is 26.0 Å². The predicted octanol–water partition coefficient (Wildman–Crippen LogP) is 3.21. The summed E-state index contributed by atoms with van der Waals surface area (Å²) in [5.74, 6) is 0.678. The van der Waals surface area contributed by atoms with Crippen molar-refractivity contribution >= 4 is 5.91 Å². The molecule has 1 aliphatic rings. The minimum Gasteiger partial charge on any atom is -0.378 e. The van der Waals surface area contributed by atoms with E-state index >= 15 is 0 Å². The molecule has 0 spiro atoms. The molecule has 1 aromatic carbocycles. The van der Waals surface area contributed by atoms with Gasteiger partial charge in [-0.25, -0.2) is 4.98 Å². The van der Waals surface area contributed by atoms with Gasteiger partial charge in [0.1, 0.15) is 0 Å². The first-order chi connectivity index (χ1) is 12.1. The maximum Gasteiger partial charge on any atom is 0.253 e. The number of hydrogen-bond acceptors (Lipinski definition) is 3. The zero-order chi connectivity index (χ0) is 17.6. The van der Waals surface area contributed by atoms with Crippen LogP contribution in [0.2, 0.25) is 0 Å². The Kier molecular flexibility index (Phi) is 5.87. The highest BCUT2D eigenvalue weighted by atomic mass is 16.5. The van der Waals surface area contributed by atoms with Gasteiger partial charge in [-0.3, -0.25) is 4.79 Å². The van der Waals surface area contributed by atoms with Crippen LogP contribution < -0.4 is 0 Å². The summed E-state index contributed by atoms with van der Waals surface area (Å²) < 4.78 is 7.91. The van der Waals surface area contributed by atoms with Gasteiger partial charge >= 0.3 is 0 Å². The summed E-state index contributed by atoms with van der Waals surface area (Å²) in [6.07, 6.45) is 7.65. The number of imidazole rings is 1. The Hall–Kier alpha value is -2.14. The molecule has 1 aliphatic heterocycles. The van der Waals surface area contributed by atoms with Crippen molar-refractivity contribution in [2.45, 2.75) is 39.3 Å². The van der Waals surface area contributed by atoms with Gasteiger partial charge in [-0.15, -0.1) is 0 Å². The Morgan fingerprint density at radius 2 is 1.96 bits per heavy atom. The average Bonchev–Trinajstić information content (AvgIpc) is 3.13. The number of ether oxygens (including phenoxy) is 1. The third-order valence-corrected chi connectivity index (χ3v) is 4.52. The lowest BCUT2D eigenvalue weighted by atomic mass is 10.1. The fraction of sp³-hybridized carbons (Fsp3) is 0.500. The molecule has 5 heteroatoms. The molecule has 1 aromatic heterocycles. The summed E-state index contributed by atoms with van der Waals surface area (Å²) in [7, 11) is 0. The van der Waals surface area contributed by atoms with Gasteiger partial charge in [0.15, 0.2) is 0 Å². The van der Waals surface area contributed by atoms with Gasteiger partial charge < -0.3 is 14.2 Å². The Morgan fingerprint density at radius 1 is 1.24 bits per heavy atom. The number of likely N-dealkylation sites (tertiary alicyclic amines) is 1. The summed E-state index contributed by atoms with van der Waals surface area (Å²) >= 11 is 0. The number of benzene rings is 1. The number of rotatable bonds is 6. The molecule has 1 saturated heterocycles. The molecule has 0 aliphatic carbocycles. The molecule has 1 amide bonds. The molecular weight excluding hydrogens is 314 g/mol. The van der Waals surface area contributed by atoms with Gasteiger partial charge in [-0.2, -0.15) is 0 Å². The Morgan fingerprint density at radius 3 is 2.56 bits per heavy atom. The molecule has 25 heavy (non-hydrogen) atoms. The summed E-state index contributed by atoms with van der Waals surface area (Å²) in [4.78, 5) is 18.7. The van der Waals surface area contributed by atoms with Gasteiger partial charge in [0, 0.05) is 44.2 Å². The van der Waals surface area contributed by atoms with Crippen molar-refractivity contribution in [1.29, 1.82) is 0 Å². The van der Waals surface area contributed by atoms with E-state index in [9.17, 15) is 4.79 Å². The minimum absolute atomic E-state index is 0.122. The zero-order valence-corrected chi connectivity index (χ0v) is 15.1. The molecule has 0 saturated carbocycles. The quantitative estimate of drug-likeness (QED) is 0.810. The van der Waals surface area contributed by atoms with Crippen LogP contribution in [0, 0.1) is 5.92 Å². The molecule has 0 N–H and O–H groups in total. The van der Waals surface area contributed by atoms with Crippen molar-refractivity contribution in [3.05, 3.63) is 54.1 Å². The maximum absolute atomic E-state index is 12.7. The second-order valence-electron chi connectivity index (χ2n) is 7.15. The largest absolute Gasteiger partial charge is 0.378 e. The molecule has 134 valence electrons. The van der Waals surface area contributed by atoms with Crippen molar-refractivity contribution < 1.29 is 9.53 Å². The molecule has 1 fully saturated rings. The lowest BCUT2D eigenvalue weighted by Gasteiger charge is -2.32. The van der Waals surface area contributed by atoms with Crippen molar-refractivity contribution in [2.75, 3.05) is 19.7 Å². The van der Waals surface area contributed by atoms with Crippen LogP contribution in [0.3, 0.4) is 0 Å². The highest BCUT2D eigenvalue weighted by Gasteiger charge is 2.24. The fourth-order valence-electron chi connectivity index (χ4n) is 3.08. The highest BCUT2D eigenvalue weighted by molar-refractivity contribution is 5.94. The van der Waals surface area contributed by atoms with E-state index in [1.165, 1.54) is 0 Å². The third kappa shape index (κ3) is 4.92. The standard InChI is InChI=1S/C20H27N3O2/c1-16(2)14-25-19-7-10-23(11-8-19)20(24)18-5-3-17(4-6-18)13-22-12-9-21-15-22/h3-6,9,12,15-16,19H,7-8,10-11,13-14H2,1-2H3. The lowest BCUT2D eigenvalue weighted by molar-refractivity contribution is -0.00231. The Balaban J connectivity index is 1.51. The second kappa shape index (κ2) is 8.30. The van der Waals surface area contributed by atoms with Crippen molar-refractivity contribution in [1.82, 2.24) is 14.5 Å². The minimum atomic E-state index is 0.122. The zero-order valence-electron chi connectivity index (χ0n) is 15.1. The van der Waals surface area contributed by atoms with Crippen LogP contribution in [0.15, 0.2) is 43.0 Å². The monoisotopic (exact) mass is 341 g/mol. The van der Waals surface area contributed by atoms with Crippen LogP contribution in [0.25, 0.3) is 0 Å². The lowest BCUT2D eigenvalue weighted by Crippen LogP contribution is -2.41. The molecule has 0 atom stereocenters. The predicted molar refractivity (Wildman–Crippen MR) is 97.5 cm³/mol. The van der Waals surface area contributed by atoms with Crippen molar-refractivity contribution in [3.63, 3.8) is 0 Å². The van der Waals surface area contributed by atoms with Crippen LogP contribution in [0.4, 0.5) is 0 Å². The third-order valence-electron chi connectivity index (χ3n) is 4.52. The van der Waals surface area contributed by atoms with Gasteiger partial charge in [0.05, 0.1) is 12.4 Å². The Labute approximate surface area is 149 Å².